The van der Waals surface area contributed by atoms with Gasteiger partial charge in [0.1, 0.15) is 0 Å². The molecule has 1 N–H and O–H groups in total. The lowest BCUT2D eigenvalue weighted by Gasteiger charge is -2.32. The second-order valence-electron chi connectivity index (χ2n) is 7.23. The number of amides is 1. The second kappa shape index (κ2) is 10.9. The number of carbonyl (C=O) groups excluding carboxylic acids is 1. The highest BCUT2D eigenvalue weighted by molar-refractivity contribution is 7.89. The first-order chi connectivity index (χ1) is 13.4. The van der Waals surface area contributed by atoms with Gasteiger partial charge in [-0.25, -0.2) is 8.42 Å². The lowest BCUT2D eigenvalue weighted by atomic mass is 10.2. The second-order valence-corrected chi connectivity index (χ2v) is 9.16. The molecule has 0 aromatic heterocycles. The van der Waals surface area contributed by atoms with Gasteiger partial charge >= 0.3 is 0 Å². The molecule has 1 saturated heterocycles. The van der Waals surface area contributed by atoms with Gasteiger partial charge in [-0.1, -0.05) is 19.9 Å². The van der Waals surface area contributed by atoms with Crippen molar-refractivity contribution < 1.29 is 13.2 Å². The van der Waals surface area contributed by atoms with Crippen molar-refractivity contribution in [2.24, 2.45) is 0 Å². The number of nitrogens with zero attached hydrogens (tertiary/aromatic N) is 3. The number of hydrogen-bond donors (Lipinski definition) is 1. The van der Waals surface area contributed by atoms with Gasteiger partial charge in [-0.3, -0.25) is 4.79 Å². The zero-order chi connectivity index (χ0) is 20.6. The maximum Gasteiger partial charge on any atom is 0.251 e. The molecule has 0 saturated carbocycles. The van der Waals surface area contributed by atoms with Crippen molar-refractivity contribution >= 4 is 15.9 Å². The summed E-state index contributed by atoms with van der Waals surface area (Å²) < 4.78 is 26.6. The summed E-state index contributed by atoms with van der Waals surface area (Å²) in [7, 11) is -1.41. The van der Waals surface area contributed by atoms with Crippen LogP contribution in [0.3, 0.4) is 0 Å². The third kappa shape index (κ3) is 6.27. The highest BCUT2D eigenvalue weighted by Gasteiger charge is 2.22. The molecule has 28 heavy (non-hydrogen) atoms. The number of hydrogen-bond acceptors (Lipinski definition) is 5. The summed E-state index contributed by atoms with van der Waals surface area (Å²) in [5.74, 6) is -0.226. The van der Waals surface area contributed by atoms with Crippen LogP contribution in [0.25, 0.3) is 0 Å². The van der Waals surface area contributed by atoms with E-state index in [1.165, 1.54) is 10.4 Å². The SMILES string of the molecule is CCN(CC)S(=O)(=O)c1cccc(C(=O)NCCCCN2CCN(C)CC2)c1. The Labute approximate surface area is 169 Å². The number of benzene rings is 1. The van der Waals surface area contributed by atoms with Crippen LogP contribution in [0.1, 0.15) is 37.0 Å². The predicted molar refractivity (Wildman–Crippen MR) is 112 cm³/mol. The van der Waals surface area contributed by atoms with E-state index in [0.29, 0.717) is 25.2 Å². The van der Waals surface area contributed by atoms with Crippen LogP contribution in [-0.4, -0.2) is 87.8 Å². The molecule has 1 aromatic rings. The van der Waals surface area contributed by atoms with Crippen molar-refractivity contribution in [3.63, 3.8) is 0 Å². The molecule has 1 amide bonds. The van der Waals surface area contributed by atoms with Gasteiger partial charge in [0.05, 0.1) is 4.90 Å². The minimum absolute atomic E-state index is 0.166. The molecule has 8 heteroatoms. The van der Waals surface area contributed by atoms with Crippen LogP contribution in [0.4, 0.5) is 0 Å². The largest absolute Gasteiger partial charge is 0.352 e. The van der Waals surface area contributed by atoms with E-state index in [2.05, 4.69) is 22.2 Å². The van der Waals surface area contributed by atoms with Crippen LogP contribution in [0.15, 0.2) is 29.2 Å². The van der Waals surface area contributed by atoms with E-state index in [1.54, 1.807) is 32.0 Å². The van der Waals surface area contributed by atoms with Gasteiger partial charge < -0.3 is 15.1 Å². The number of carbonyl (C=O) groups is 1. The van der Waals surface area contributed by atoms with E-state index >= 15 is 0 Å². The van der Waals surface area contributed by atoms with Crippen LogP contribution in [0.5, 0.6) is 0 Å². The van der Waals surface area contributed by atoms with Gasteiger partial charge in [0.25, 0.3) is 5.91 Å². The number of rotatable bonds is 10. The third-order valence-corrected chi connectivity index (χ3v) is 7.27. The van der Waals surface area contributed by atoms with Crippen LogP contribution < -0.4 is 5.32 Å². The van der Waals surface area contributed by atoms with Crippen molar-refractivity contribution in [3.05, 3.63) is 29.8 Å². The number of likely N-dealkylation sites (N-methyl/N-ethyl adjacent to an activating group) is 1. The number of unbranched alkanes of at least 4 members (excludes halogenated alkanes) is 1. The Morgan fingerprint density at radius 2 is 1.79 bits per heavy atom. The topological polar surface area (TPSA) is 73.0 Å². The predicted octanol–water partition coefficient (Wildman–Crippen LogP) is 1.47. The Hall–Kier alpha value is -1.48. The minimum Gasteiger partial charge on any atom is -0.352 e. The number of piperazine rings is 1. The molecule has 1 aliphatic rings. The third-order valence-electron chi connectivity index (χ3n) is 5.22. The molecule has 0 bridgehead atoms. The van der Waals surface area contributed by atoms with Crippen LogP contribution >= 0.6 is 0 Å². The molecule has 158 valence electrons. The highest BCUT2D eigenvalue weighted by atomic mass is 32.2. The molecule has 1 aliphatic heterocycles. The Morgan fingerprint density at radius 1 is 1.11 bits per heavy atom. The minimum atomic E-state index is -3.56. The molecular weight excluding hydrogens is 376 g/mol. The van der Waals surface area contributed by atoms with Gasteiger partial charge in [0.15, 0.2) is 0 Å². The van der Waals surface area contributed by atoms with E-state index < -0.39 is 10.0 Å². The summed E-state index contributed by atoms with van der Waals surface area (Å²) in [6, 6.07) is 6.28. The first-order valence-electron chi connectivity index (χ1n) is 10.2. The van der Waals surface area contributed by atoms with Gasteiger partial charge in [-0.15, -0.1) is 0 Å². The van der Waals surface area contributed by atoms with Gasteiger partial charge in [-0.05, 0) is 44.6 Å². The van der Waals surface area contributed by atoms with Gasteiger partial charge in [-0.2, -0.15) is 4.31 Å². The average molecular weight is 411 g/mol. The van der Waals surface area contributed by atoms with E-state index in [9.17, 15) is 13.2 Å². The maximum absolute atomic E-state index is 12.6. The fraction of sp³-hybridized carbons (Fsp3) is 0.650. The number of nitrogens with one attached hydrogen (secondary N) is 1. The molecule has 0 unspecified atom stereocenters. The van der Waals surface area contributed by atoms with Gasteiger partial charge in [0, 0.05) is 51.4 Å². The Bertz CT molecular complexity index is 727. The van der Waals surface area contributed by atoms with Crippen molar-refractivity contribution in [2.75, 3.05) is 59.4 Å². The molecule has 1 fully saturated rings. The van der Waals surface area contributed by atoms with E-state index in [1.807, 2.05) is 0 Å². The van der Waals surface area contributed by atoms with E-state index in [-0.39, 0.29) is 10.8 Å². The van der Waals surface area contributed by atoms with Crippen molar-refractivity contribution in [1.29, 1.82) is 0 Å². The summed E-state index contributed by atoms with van der Waals surface area (Å²) in [6.45, 7) is 10.5. The fourth-order valence-corrected chi connectivity index (χ4v) is 4.85. The Kier molecular flexibility index (Phi) is 8.88. The molecule has 0 atom stereocenters. The molecule has 1 aromatic carbocycles. The molecule has 0 spiro atoms. The molecule has 2 rings (SSSR count). The highest BCUT2D eigenvalue weighted by Crippen LogP contribution is 2.17. The van der Waals surface area contributed by atoms with Crippen LogP contribution in [0, 0.1) is 0 Å². The molecule has 0 radical (unpaired) electrons. The van der Waals surface area contributed by atoms with Gasteiger partial charge in [0.2, 0.25) is 10.0 Å². The standard InChI is InChI=1S/C20H34N4O3S/c1-4-24(5-2)28(26,27)19-10-8-9-18(17-19)20(25)21-11-6-7-12-23-15-13-22(3)14-16-23/h8-10,17H,4-7,11-16H2,1-3H3,(H,21,25). The summed E-state index contributed by atoms with van der Waals surface area (Å²) >= 11 is 0. The first kappa shape index (κ1) is 22.8. The normalized spacial score (nSPS) is 16.4. The van der Waals surface area contributed by atoms with E-state index in [0.717, 1.165) is 45.6 Å². The Balaban J connectivity index is 1.81. The number of sulfonamides is 1. The Morgan fingerprint density at radius 3 is 2.43 bits per heavy atom. The quantitative estimate of drug-likeness (QED) is 0.592. The molecular formula is C20H34N4O3S. The van der Waals surface area contributed by atoms with Crippen LogP contribution in [-0.2, 0) is 10.0 Å². The van der Waals surface area contributed by atoms with Crippen LogP contribution in [0.2, 0.25) is 0 Å². The first-order valence-corrected chi connectivity index (χ1v) is 11.6. The van der Waals surface area contributed by atoms with E-state index in [4.69, 9.17) is 0 Å². The monoisotopic (exact) mass is 410 g/mol. The smallest absolute Gasteiger partial charge is 0.251 e. The molecule has 7 nitrogen and oxygen atoms in total. The summed E-state index contributed by atoms with van der Waals surface area (Å²) in [5, 5.41) is 2.91. The summed E-state index contributed by atoms with van der Waals surface area (Å²) in [4.78, 5) is 17.4. The molecule has 0 aliphatic carbocycles. The maximum atomic E-state index is 12.6. The summed E-state index contributed by atoms with van der Waals surface area (Å²) in [6.07, 6.45) is 1.95. The average Bonchev–Trinajstić information content (AvgIpc) is 2.70. The van der Waals surface area contributed by atoms with Crippen molar-refractivity contribution in [2.45, 2.75) is 31.6 Å². The zero-order valence-electron chi connectivity index (χ0n) is 17.4. The summed E-state index contributed by atoms with van der Waals surface area (Å²) in [5.41, 5.74) is 0.382. The zero-order valence-corrected chi connectivity index (χ0v) is 18.2. The lowest BCUT2D eigenvalue weighted by Crippen LogP contribution is -2.44. The van der Waals surface area contributed by atoms with Crippen molar-refractivity contribution in [1.82, 2.24) is 19.4 Å². The fourth-order valence-electron chi connectivity index (χ4n) is 3.35. The molecule has 1 heterocycles. The van der Waals surface area contributed by atoms with Crippen molar-refractivity contribution in [3.8, 4) is 0 Å². The lowest BCUT2D eigenvalue weighted by molar-refractivity contribution is 0.0951.